The highest BCUT2D eigenvalue weighted by molar-refractivity contribution is 9.10. The monoisotopic (exact) mass is 268 g/mol. The van der Waals surface area contributed by atoms with Crippen molar-refractivity contribution in [2.45, 2.75) is 0 Å². The zero-order valence-electron chi connectivity index (χ0n) is 7.33. The van der Waals surface area contributed by atoms with E-state index < -0.39 is 5.97 Å². The summed E-state index contributed by atoms with van der Waals surface area (Å²) in [5, 5.41) is 12.7. The summed E-state index contributed by atoms with van der Waals surface area (Å²) >= 11 is 3.22. The Hall–Kier alpha value is -1.76. The molecule has 0 radical (unpaired) electrons. The summed E-state index contributed by atoms with van der Waals surface area (Å²) in [4.78, 5) is 18.4. The SMILES string of the molecule is O=C(O)c1ccnc(-n2cc(Br)cn2)n1. The van der Waals surface area contributed by atoms with Crippen molar-refractivity contribution in [1.29, 1.82) is 0 Å². The maximum Gasteiger partial charge on any atom is 0.354 e. The molecule has 0 spiro atoms. The summed E-state index contributed by atoms with van der Waals surface area (Å²) in [6.07, 6.45) is 4.58. The van der Waals surface area contributed by atoms with E-state index in [-0.39, 0.29) is 11.6 Å². The van der Waals surface area contributed by atoms with Gasteiger partial charge in [0.2, 0.25) is 0 Å². The number of hydrogen-bond donors (Lipinski definition) is 1. The number of carbonyl (C=O) groups is 1. The van der Waals surface area contributed by atoms with Gasteiger partial charge >= 0.3 is 5.97 Å². The van der Waals surface area contributed by atoms with Crippen molar-refractivity contribution in [3.05, 3.63) is 34.8 Å². The quantitative estimate of drug-likeness (QED) is 0.883. The minimum absolute atomic E-state index is 0.0633. The Labute approximate surface area is 92.7 Å². The Kier molecular flexibility index (Phi) is 2.46. The molecule has 0 atom stereocenters. The minimum atomic E-state index is -1.09. The van der Waals surface area contributed by atoms with E-state index in [0.29, 0.717) is 0 Å². The highest BCUT2D eigenvalue weighted by Gasteiger charge is 2.07. The second kappa shape index (κ2) is 3.77. The number of carboxylic acid groups (broad SMARTS) is 1. The number of halogens is 1. The maximum atomic E-state index is 10.7. The Morgan fingerprint density at radius 2 is 2.33 bits per heavy atom. The first kappa shape index (κ1) is 9.78. The highest BCUT2D eigenvalue weighted by Crippen LogP contribution is 2.09. The van der Waals surface area contributed by atoms with Crippen LogP contribution in [0.1, 0.15) is 10.5 Å². The van der Waals surface area contributed by atoms with Crippen LogP contribution in [0.25, 0.3) is 5.95 Å². The predicted octanol–water partition coefficient (Wildman–Crippen LogP) is 1.12. The van der Waals surface area contributed by atoms with Gasteiger partial charge in [-0.15, -0.1) is 0 Å². The lowest BCUT2D eigenvalue weighted by Gasteiger charge is -1.99. The summed E-state index contributed by atoms with van der Waals surface area (Å²) in [6.45, 7) is 0. The molecular formula is C8H5BrN4O2. The smallest absolute Gasteiger partial charge is 0.354 e. The molecule has 0 aliphatic heterocycles. The molecule has 0 aliphatic carbocycles. The molecule has 0 aliphatic rings. The number of rotatable bonds is 2. The molecule has 0 saturated heterocycles. The molecule has 0 aromatic carbocycles. The van der Waals surface area contributed by atoms with Crippen molar-refractivity contribution in [3.63, 3.8) is 0 Å². The lowest BCUT2D eigenvalue weighted by Crippen LogP contribution is -2.07. The second-order valence-corrected chi connectivity index (χ2v) is 3.57. The fourth-order valence-electron chi connectivity index (χ4n) is 0.988. The van der Waals surface area contributed by atoms with Gasteiger partial charge in [0.1, 0.15) is 0 Å². The largest absolute Gasteiger partial charge is 0.477 e. The van der Waals surface area contributed by atoms with Gasteiger partial charge in [-0.2, -0.15) is 5.10 Å². The Morgan fingerprint density at radius 1 is 1.53 bits per heavy atom. The van der Waals surface area contributed by atoms with E-state index in [4.69, 9.17) is 5.11 Å². The molecule has 0 bridgehead atoms. The number of nitrogens with zero attached hydrogens (tertiary/aromatic N) is 4. The first-order valence-corrected chi connectivity index (χ1v) is 4.73. The van der Waals surface area contributed by atoms with Crippen LogP contribution >= 0.6 is 15.9 Å². The number of aromatic nitrogens is 4. The lowest BCUT2D eigenvalue weighted by atomic mass is 10.4. The molecule has 0 amide bonds. The van der Waals surface area contributed by atoms with Crippen molar-refractivity contribution >= 4 is 21.9 Å². The van der Waals surface area contributed by atoms with Crippen LogP contribution < -0.4 is 0 Å². The lowest BCUT2D eigenvalue weighted by molar-refractivity contribution is 0.0690. The Balaban J connectivity index is 2.45. The van der Waals surface area contributed by atoms with E-state index in [0.717, 1.165) is 4.47 Å². The van der Waals surface area contributed by atoms with Gasteiger partial charge in [-0.3, -0.25) is 0 Å². The van der Waals surface area contributed by atoms with Crippen LogP contribution in [0.5, 0.6) is 0 Å². The molecule has 1 N–H and O–H groups in total. The molecule has 76 valence electrons. The van der Waals surface area contributed by atoms with Gasteiger partial charge in [0.05, 0.1) is 10.7 Å². The second-order valence-electron chi connectivity index (χ2n) is 2.65. The van der Waals surface area contributed by atoms with E-state index >= 15 is 0 Å². The van der Waals surface area contributed by atoms with E-state index in [1.807, 2.05) is 0 Å². The topological polar surface area (TPSA) is 80.9 Å². The van der Waals surface area contributed by atoms with Crippen molar-refractivity contribution in [2.75, 3.05) is 0 Å². The van der Waals surface area contributed by atoms with Gasteiger partial charge in [-0.05, 0) is 22.0 Å². The fourth-order valence-corrected chi connectivity index (χ4v) is 1.27. The summed E-state index contributed by atoms with van der Waals surface area (Å²) in [6, 6.07) is 1.32. The number of carboxylic acids is 1. The predicted molar refractivity (Wildman–Crippen MR) is 53.8 cm³/mol. The van der Waals surface area contributed by atoms with Gasteiger partial charge in [-0.25, -0.2) is 19.4 Å². The number of aromatic carboxylic acids is 1. The average Bonchev–Trinajstić information content (AvgIpc) is 2.65. The van der Waals surface area contributed by atoms with Crippen molar-refractivity contribution in [1.82, 2.24) is 19.7 Å². The molecular weight excluding hydrogens is 264 g/mol. The van der Waals surface area contributed by atoms with Crippen LogP contribution in [0.4, 0.5) is 0 Å². The normalized spacial score (nSPS) is 10.2. The van der Waals surface area contributed by atoms with Crippen LogP contribution in [0.15, 0.2) is 29.1 Å². The summed E-state index contributed by atoms with van der Waals surface area (Å²) < 4.78 is 2.16. The summed E-state index contributed by atoms with van der Waals surface area (Å²) in [5.74, 6) is -0.870. The van der Waals surface area contributed by atoms with E-state index in [9.17, 15) is 4.79 Å². The van der Waals surface area contributed by atoms with Gasteiger partial charge in [0, 0.05) is 12.4 Å². The van der Waals surface area contributed by atoms with Crippen LogP contribution in [0.2, 0.25) is 0 Å². The fraction of sp³-hybridized carbons (Fsp3) is 0. The van der Waals surface area contributed by atoms with Gasteiger partial charge in [0.15, 0.2) is 5.69 Å². The van der Waals surface area contributed by atoms with Crippen LogP contribution in [-0.2, 0) is 0 Å². The molecule has 2 rings (SSSR count). The third kappa shape index (κ3) is 2.01. The molecule has 0 unspecified atom stereocenters. The van der Waals surface area contributed by atoms with Gasteiger partial charge in [-0.1, -0.05) is 0 Å². The average molecular weight is 269 g/mol. The van der Waals surface area contributed by atoms with Crippen LogP contribution in [0.3, 0.4) is 0 Å². The third-order valence-electron chi connectivity index (χ3n) is 1.62. The molecule has 6 nitrogen and oxygen atoms in total. The summed E-state index contributed by atoms with van der Waals surface area (Å²) in [5.41, 5.74) is -0.0633. The van der Waals surface area contributed by atoms with Crippen LogP contribution in [0, 0.1) is 0 Å². The molecule has 2 aromatic rings. The third-order valence-corrected chi connectivity index (χ3v) is 2.03. The zero-order chi connectivity index (χ0) is 10.8. The highest BCUT2D eigenvalue weighted by atomic mass is 79.9. The standard InChI is InChI=1S/C8H5BrN4O2/c9-5-3-11-13(4-5)8-10-2-1-6(12-8)7(14)15/h1-4H,(H,14,15). The molecule has 7 heteroatoms. The van der Waals surface area contributed by atoms with Gasteiger partial charge < -0.3 is 5.11 Å². The van der Waals surface area contributed by atoms with Crippen LogP contribution in [-0.4, -0.2) is 30.8 Å². The first-order valence-electron chi connectivity index (χ1n) is 3.94. The molecule has 0 saturated carbocycles. The Morgan fingerprint density at radius 3 is 2.93 bits per heavy atom. The zero-order valence-corrected chi connectivity index (χ0v) is 8.92. The maximum absolute atomic E-state index is 10.7. The van der Waals surface area contributed by atoms with E-state index in [2.05, 4.69) is 31.0 Å². The van der Waals surface area contributed by atoms with Gasteiger partial charge in [0.25, 0.3) is 5.95 Å². The Bertz CT molecular complexity index is 511. The van der Waals surface area contributed by atoms with E-state index in [1.165, 1.54) is 16.9 Å². The number of hydrogen-bond acceptors (Lipinski definition) is 4. The van der Waals surface area contributed by atoms with Crippen molar-refractivity contribution in [2.24, 2.45) is 0 Å². The van der Waals surface area contributed by atoms with E-state index in [1.54, 1.807) is 12.4 Å². The van der Waals surface area contributed by atoms with Crippen molar-refractivity contribution in [3.8, 4) is 5.95 Å². The molecule has 15 heavy (non-hydrogen) atoms. The first-order chi connectivity index (χ1) is 7.16. The molecule has 0 fully saturated rings. The van der Waals surface area contributed by atoms with Crippen molar-refractivity contribution < 1.29 is 9.90 Å². The summed E-state index contributed by atoms with van der Waals surface area (Å²) in [7, 11) is 0. The minimum Gasteiger partial charge on any atom is -0.477 e. The molecule has 2 aromatic heterocycles. The molecule has 2 heterocycles.